The summed E-state index contributed by atoms with van der Waals surface area (Å²) in [5.41, 5.74) is 3.53. The number of hydrogen-bond donors (Lipinski definition) is 3. The molecule has 0 unspecified atom stereocenters. The van der Waals surface area contributed by atoms with Crippen LogP contribution in [0.1, 0.15) is 62.6 Å². The number of rotatable bonds is 7. The molecule has 0 atom stereocenters. The van der Waals surface area contributed by atoms with E-state index in [9.17, 15) is 13.5 Å². The zero-order chi connectivity index (χ0) is 21.6. The fraction of sp³-hybridized carbons (Fsp3) is 0.682. The molecule has 1 fully saturated rings. The Morgan fingerprint density at radius 3 is 2.58 bits per heavy atom. The van der Waals surface area contributed by atoms with Crippen molar-refractivity contribution in [3.63, 3.8) is 0 Å². The first-order chi connectivity index (χ1) is 14.4. The van der Waals surface area contributed by atoms with Crippen molar-refractivity contribution >= 4 is 40.0 Å². The number of nitrogens with zero attached hydrogens (tertiary/aromatic N) is 2. The summed E-state index contributed by atoms with van der Waals surface area (Å²) in [7, 11) is -3.12. The molecule has 1 aromatic carbocycles. The first-order valence-corrected chi connectivity index (χ1v) is 12.9. The highest BCUT2D eigenvalue weighted by atomic mass is 127. The average Bonchev–Trinajstić information content (AvgIpc) is 2.73. The van der Waals surface area contributed by atoms with E-state index in [1.54, 1.807) is 10.4 Å². The molecule has 3 rings (SSSR count). The van der Waals surface area contributed by atoms with Gasteiger partial charge in [-0.25, -0.2) is 17.7 Å². The summed E-state index contributed by atoms with van der Waals surface area (Å²) in [6.07, 6.45) is 6.61. The summed E-state index contributed by atoms with van der Waals surface area (Å²) in [4.78, 5) is 4.75. The fourth-order valence-electron chi connectivity index (χ4n) is 4.41. The third kappa shape index (κ3) is 6.95. The molecule has 3 N–H and O–H groups in total. The Hall–Kier alpha value is -1.07. The van der Waals surface area contributed by atoms with Crippen molar-refractivity contribution in [1.82, 2.24) is 14.9 Å². The molecule has 31 heavy (non-hydrogen) atoms. The predicted molar refractivity (Wildman–Crippen MR) is 137 cm³/mol. The second-order valence-electron chi connectivity index (χ2n) is 8.24. The van der Waals surface area contributed by atoms with Gasteiger partial charge in [0.1, 0.15) is 5.75 Å². The van der Waals surface area contributed by atoms with Crippen molar-refractivity contribution in [2.75, 3.05) is 25.4 Å². The van der Waals surface area contributed by atoms with E-state index in [2.05, 4.69) is 10.6 Å². The van der Waals surface area contributed by atoms with Crippen LogP contribution in [0.2, 0.25) is 0 Å². The second kappa shape index (κ2) is 12.2. The third-order valence-corrected chi connectivity index (χ3v) is 8.09. The number of aromatic hydroxyl groups is 1. The van der Waals surface area contributed by atoms with Gasteiger partial charge < -0.3 is 15.7 Å². The maximum Gasteiger partial charge on any atom is 0.214 e. The molecule has 1 aliphatic heterocycles. The van der Waals surface area contributed by atoms with Crippen LogP contribution in [-0.4, -0.2) is 55.2 Å². The summed E-state index contributed by atoms with van der Waals surface area (Å²) in [5.74, 6) is 1.27. The van der Waals surface area contributed by atoms with Crippen LogP contribution in [0, 0.1) is 0 Å². The molecule has 176 valence electrons. The van der Waals surface area contributed by atoms with Crippen LogP contribution in [0.15, 0.2) is 17.1 Å². The summed E-state index contributed by atoms with van der Waals surface area (Å²) in [5, 5.41) is 17.2. The van der Waals surface area contributed by atoms with Gasteiger partial charge >= 0.3 is 0 Å². The minimum Gasteiger partial charge on any atom is -0.508 e. The molecule has 9 heteroatoms. The minimum atomic E-state index is -3.12. The Morgan fingerprint density at radius 1 is 1.19 bits per heavy atom. The van der Waals surface area contributed by atoms with Gasteiger partial charge in [-0.2, -0.15) is 0 Å². The van der Waals surface area contributed by atoms with Crippen molar-refractivity contribution < 1.29 is 13.5 Å². The standard InChI is InChI=1S/C22H36N4O3S.HI/c1-3-15-30(28,29)26-13-11-18(12-14-26)25-22(23-4-2)24-16-20-19-8-6-5-7-17(19)9-10-21(20)27;/h9-10,18,27H,3-8,11-16H2,1-2H3,(H2,23,24,25);1H. The molecule has 1 aromatic rings. The summed E-state index contributed by atoms with van der Waals surface area (Å²) in [6, 6.07) is 4.03. The number of guanidine groups is 1. The van der Waals surface area contributed by atoms with Gasteiger partial charge in [0.15, 0.2) is 5.96 Å². The maximum absolute atomic E-state index is 12.3. The quantitative estimate of drug-likeness (QED) is 0.269. The number of piperidine rings is 1. The molecule has 0 bridgehead atoms. The lowest BCUT2D eigenvalue weighted by Crippen LogP contribution is -2.50. The molecule has 0 radical (unpaired) electrons. The van der Waals surface area contributed by atoms with Crippen molar-refractivity contribution in [1.29, 1.82) is 0 Å². The first-order valence-electron chi connectivity index (χ1n) is 11.3. The van der Waals surface area contributed by atoms with Crippen LogP contribution < -0.4 is 10.6 Å². The lowest BCUT2D eigenvalue weighted by Gasteiger charge is -2.32. The molecule has 0 saturated carbocycles. The van der Waals surface area contributed by atoms with Gasteiger partial charge in [0.05, 0.1) is 12.3 Å². The third-order valence-electron chi connectivity index (χ3n) is 6.02. The molecule has 2 aliphatic rings. The largest absolute Gasteiger partial charge is 0.508 e. The monoisotopic (exact) mass is 564 g/mol. The second-order valence-corrected chi connectivity index (χ2v) is 10.3. The summed E-state index contributed by atoms with van der Waals surface area (Å²) < 4.78 is 26.2. The highest BCUT2D eigenvalue weighted by molar-refractivity contribution is 14.0. The highest BCUT2D eigenvalue weighted by Gasteiger charge is 2.27. The Labute approximate surface area is 204 Å². The van der Waals surface area contributed by atoms with E-state index in [4.69, 9.17) is 4.99 Å². The molecular formula is C22H37IN4O3S. The van der Waals surface area contributed by atoms with Gasteiger partial charge in [0.25, 0.3) is 0 Å². The van der Waals surface area contributed by atoms with Crippen LogP contribution in [-0.2, 0) is 29.4 Å². The van der Waals surface area contributed by atoms with E-state index in [1.165, 1.54) is 17.5 Å². The summed E-state index contributed by atoms with van der Waals surface area (Å²) in [6.45, 7) is 6.20. The van der Waals surface area contributed by atoms with Crippen LogP contribution in [0.25, 0.3) is 0 Å². The number of halogens is 1. The Morgan fingerprint density at radius 2 is 1.90 bits per heavy atom. The number of aryl methyl sites for hydroxylation is 1. The van der Waals surface area contributed by atoms with E-state index < -0.39 is 10.0 Å². The molecule has 1 heterocycles. The Kier molecular flexibility index (Phi) is 10.3. The number of phenolic OH excluding ortho intramolecular Hbond substituents is 1. The van der Waals surface area contributed by atoms with Crippen LogP contribution in [0.4, 0.5) is 0 Å². The SMILES string of the molecule is CCCS(=O)(=O)N1CCC(NC(=NCc2c(O)ccc3c2CCCC3)NCC)CC1.I. The topological polar surface area (TPSA) is 94.0 Å². The smallest absolute Gasteiger partial charge is 0.214 e. The van der Waals surface area contributed by atoms with E-state index >= 15 is 0 Å². The Bertz CT molecular complexity index is 853. The van der Waals surface area contributed by atoms with Crippen molar-refractivity contribution in [2.24, 2.45) is 4.99 Å². The minimum absolute atomic E-state index is 0. The molecular weight excluding hydrogens is 527 g/mol. The van der Waals surface area contributed by atoms with E-state index in [1.807, 2.05) is 19.9 Å². The maximum atomic E-state index is 12.3. The number of aliphatic imine (C=N–C) groups is 1. The van der Waals surface area contributed by atoms with Crippen molar-refractivity contribution in [3.05, 3.63) is 28.8 Å². The molecule has 0 aromatic heterocycles. The number of phenols is 1. The first kappa shape index (κ1) is 26.2. The van der Waals surface area contributed by atoms with Crippen LogP contribution in [0.3, 0.4) is 0 Å². The average molecular weight is 565 g/mol. The molecule has 0 amide bonds. The highest BCUT2D eigenvalue weighted by Crippen LogP contribution is 2.31. The van der Waals surface area contributed by atoms with Crippen LogP contribution in [0.5, 0.6) is 5.75 Å². The normalized spacial score (nSPS) is 18.2. The van der Waals surface area contributed by atoms with E-state index in [0.717, 1.165) is 50.2 Å². The zero-order valence-electron chi connectivity index (χ0n) is 18.7. The van der Waals surface area contributed by atoms with Crippen molar-refractivity contribution in [3.8, 4) is 5.75 Å². The van der Waals surface area contributed by atoms with E-state index in [-0.39, 0.29) is 35.8 Å². The zero-order valence-corrected chi connectivity index (χ0v) is 21.8. The van der Waals surface area contributed by atoms with Gasteiger partial charge in [-0.3, -0.25) is 0 Å². The predicted octanol–water partition coefficient (Wildman–Crippen LogP) is 3.15. The summed E-state index contributed by atoms with van der Waals surface area (Å²) >= 11 is 0. The van der Waals surface area contributed by atoms with Gasteiger partial charge in [-0.1, -0.05) is 13.0 Å². The lowest BCUT2D eigenvalue weighted by atomic mass is 9.88. The van der Waals surface area contributed by atoms with E-state index in [0.29, 0.717) is 31.8 Å². The number of benzene rings is 1. The number of nitrogens with one attached hydrogen (secondary N) is 2. The fourth-order valence-corrected chi connectivity index (χ4v) is 5.95. The van der Waals surface area contributed by atoms with Gasteiger partial charge in [0.2, 0.25) is 10.0 Å². The van der Waals surface area contributed by atoms with Gasteiger partial charge in [-0.05, 0) is 69.1 Å². The Balaban J connectivity index is 0.00000341. The van der Waals surface area contributed by atoms with Gasteiger partial charge in [-0.15, -0.1) is 24.0 Å². The number of sulfonamides is 1. The number of fused-ring (bicyclic) bond motifs is 1. The lowest BCUT2D eigenvalue weighted by molar-refractivity contribution is 0.306. The van der Waals surface area contributed by atoms with Gasteiger partial charge in [0, 0.05) is 31.2 Å². The molecule has 1 aliphatic carbocycles. The van der Waals surface area contributed by atoms with Crippen molar-refractivity contribution in [2.45, 2.75) is 71.4 Å². The number of hydrogen-bond acceptors (Lipinski definition) is 4. The molecule has 1 saturated heterocycles. The molecule has 0 spiro atoms. The van der Waals surface area contributed by atoms with Crippen LogP contribution >= 0.6 is 24.0 Å². The molecule has 7 nitrogen and oxygen atoms in total.